The molecule has 3 amide bonds. The Labute approximate surface area is 241 Å². The predicted molar refractivity (Wildman–Crippen MR) is 156 cm³/mol. The van der Waals surface area contributed by atoms with E-state index in [0.717, 1.165) is 28.1 Å². The topological polar surface area (TPSA) is 104 Å². The van der Waals surface area contributed by atoms with Gasteiger partial charge in [-0.3, -0.25) is 14.4 Å². The number of carbonyl (C=O) groups excluding carboxylic acids is 3. The van der Waals surface area contributed by atoms with E-state index in [1.54, 1.807) is 28.4 Å². The first-order valence-electron chi connectivity index (χ1n) is 13.0. The van der Waals surface area contributed by atoms with E-state index in [2.05, 4.69) is 36.5 Å². The molecule has 0 spiro atoms. The van der Waals surface area contributed by atoms with Gasteiger partial charge >= 0.3 is 0 Å². The lowest BCUT2D eigenvalue weighted by molar-refractivity contribution is -0.142. The molecule has 1 aliphatic rings. The molecule has 1 saturated heterocycles. The highest BCUT2D eigenvalue weighted by Crippen LogP contribution is 2.29. The van der Waals surface area contributed by atoms with E-state index < -0.39 is 17.5 Å². The summed E-state index contributed by atoms with van der Waals surface area (Å²) in [6, 6.07) is 9.71. The first-order chi connectivity index (χ1) is 18.5. The molecule has 0 aliphatic carbocycles. The van der Waals surface area contributed by atoms with E-state index in [1.807, 2.05) is 64.4 Å². The van der Waals surface area contributed by atoms with Gasteiger partial charge < -0.3 is 15.5 Å². The second-order valence-corrected chi connectivity index (χ2v) is 12.6. The highest BCUT2D eigenvalue weighted by atomic mass is 79.9. The average Bonchev–Trinajstić information content (AvgIpc) is 3.55. The van der Waals surface area contributed by atoms with Crippen LogP contribution < -0.4 is 10.6 Å². The second-order valence-electron chi connectivity index (χ2n) is 10.9. The molecule has 1 aliphatic heterocycles. The average molecular weight is 613 g/mol. The van der Waals surface area contributed by atoms with Gasteiger partial charge in [0, 0.05) is 18.3 Å². The summed E-state index contributed by atoms with van der Waals surface area (Å²) in [5, 5.41) is 6.01. The minimum absolute atomic E-state index is 0.187. The maximum absolute atomic E-state index is 13.8. The zero-order valence-electron chi connectivity index (χ0n) is 22.8. The number of pyridine rings is 1. The van der Waals surface area contributed by atoms with E-state index >= 15 is 0 Å². The van der Waals surface area contributed by atoms with E-state index in [9.17, 15) is 14.4 Å². The number of aryl methyl sites for hydroxylation is 1. The highest BCUT2D eigenvalue weighted by molar-refractivity contribution is 9.10. The van der Waals surface area contributed by atoms with Crippen LogP contribution in [0.2, 0.25) is 0 Å². The largest absolute Gasteiger partial charge is 0.348 e. The lowest BCUT2D eigenvalue weighted by atomic mass is 9.85. The third-order valence-corrected chi connectivity index (χ3v) is 8.40. The lowest BCUT2D eigenvalue weighted by Crippen LogP contribution is -2.57. The van der Waals surface area contributed by atoms with Gasteiger partial charge in [0.15, 0.2) is 0 Å². The lowest BCUT2D eigenvalue weighted by Gasteiger charge is -2.35. The van der Waals surface area contributed by atoms with Crippen LogP contribution in [0.3, 0.4) is 0 Å². The smallest absolute Gasteiger partial charge is 0.252 e. The first kappa shape index (κ1) is 28.9. The minimum atomic E-state index is -0.800. The first-order valence-corrected chi connectivity index (χ1v) is 14.7. The Kier molecular flexibility index (Phi) is 8.86. The molecule has 0 saturated carbocycles. The van der Waals surface area contributed by atoms with Crippen molar-refractivity contribution in [3.63, 3.8) is 0 Å². The zero-order valence-corrected chi connectivity index (χ0v) is 25.2. The van der Waals surface area contributed by atoms with Gasteiger partial charge in [-0.25, -0.2) is 9.97 Å². The molecule has 8 nitrogen and oxygen atoms in total. The van der Waals surface area contributed by atoms with Crippen LogP contribution in [0.5, 0.6) is 0 Å². The molecule has 1 fully saturated rings. The molecule has 3 atom stereocenters. The SMILES string of the molecule is Cc1ncsc1-c1ccc([C@H](C)NC(=O)[C@@H]2CCCN2C(=O)C(NC(=O)c2ccnc(Br)c2)C(C)(C)C)cc1. The predicted octanol–water partition coefficient (Wildman–Crippen LogP) is 5.29. The number of carbonyl (C=O) groups is 3. The second kappa shape index (κ2) is 12.0. The number of likely N-dealkylation sites (tertiary alicyclic amines) is 1. The standard InChI is InChI=1S/C29H34BrN5O3S/c1-17(19-8-10-20(11-9-19)24-18(2)32-16-39-24)33-27(37)22-7-6-14-35(22)28(38)25(29(3,4)5)34-26(36)21-12-13-31-23(30)15-21/h8-13,15-17,22,25H,6-7,14H2,1-5H3,(H,33,37)(H,34,36)/t17-,22-,25?/m0/s1. The number of hydrogen-bond donors (Lipinski definition) is 2. The fourth-order valence-corrected chi connectivity index (χ4v) is 5.95. The van der Waals surface area contributed by atoms with Crippen molar-refractivity contribution in [2.24, 2.45) is 5.41 Å². The molecule has 4 rings (SSSR count). The van der Waals surface area contributed by atoms with Gasteiger partial charge in [-0.15, -0.1) is 11.3 Å². The van der Waals surface area contributed by atoms with Crippen LogP contribution in [-0.2, 0) is 9.59 Å². The normalized spacial score (nSPS) is 17.0. The molecule has 2 aromatic heterocycles. The molecule has 1 aromatic carbocycles. The molecule has 206 valence electrons. The summed E-state index contributed by atoms with van der Waals surface area (Å²) >= 11 is 4.89. The zero-order chi connectivity index (χ0) is 28.3. The Balaban J connectivity index is 1.44. The van der Waals surface area contributed by atoms with Crippen molar-refractivity contribution in [3.8, 4) is 10.4 Å². The molecule has 0 radical (unpaired) electrons. The number of benzene rings is 1. The highest BCUT2D eigenvalue weighted by Gasteiger charge is 2.42. The number of thiazole rings is 1. The number of nitrogens with zero attached hydrogens (tertiary/aromatic N) is 3. The third kappa shape index (κ3) is 6.73. The van der Waals surface area contributed by atoms with E-state index in [1.165, 1.54) is 6.20 Å². The van der Waals surface area contributed by atoms with Gasteiger partial charge in [0.1, 0.15) is 16.7 Å². The fourth-order valence-electron chi connectivity index (χ4n) is 4.77. The van der Waals surface area contributed by atoms with Crippen molar-refractivity contribution in [1.82, 2.24) is 25.5 Å². The van der Waals surface area contributed by atoms with Crippen molar-refractivity contribution in [2.45, 2.75) is 65.6 Å². The van der Waals surface area contributed by atoms with Gasteiger partial charge in [-0.1, -0.05) is 45.0 Å². The quantitative estimate of drug-likeness (QED) is 0.353. The van der Waals surface area contributed by atoms with Gasteiger partial charge in [-0.05, 0) is 71.3 Å². The Bertz CT molecular complexity index is 1350. The summed E-state index contributed by atoms with van der Waals surface area (Å²) < 4.78 is 0.535. The van der Waals surface area contributed by atoms with Gasteiger partial charge in [0.05, 0.1) is 22.1 Å². The van der Waals surface area contributed by atoms with Crippen molar-refractivity contribution < 1.29 is 14.4 Å². The van der Waals surface area contributed by atoms with Crippen molar-refractivity contribution in [3.05, 3.63) is 69.5 Å². The van der Waals surface area contributed by atoms with E-state index in [4.69, 9.17) is 0 Å². The minimum Gasteiger partial charge on any atom is -0.348 e. The summed E-state index contributed by atoms with van der Waals surface area (Å²) in [6.07, 6.45) is 2.84. The van der Waals surface area contributed by atoms with Crippen LogP contribution in [-0.4, -0.2) is 51.2 Å². The Hall–Kier alpha value is -3.11. The van der Waals surface area contributed by atoms with Crippen molar-refractivity contribution in [2.75, 3.05) is 6.54 Å². The maximum Gasteiger partial charge on any atom is 0.252 e. The van der Waals surface area contributed by atoms with E-state index in [0.29, 0.717) is 23.1 Å². The van der Waals surface area contributed by atoms with Gasteiger partial charge in [0.25, 0.3) is 5.91 Å². The summed E-state index contributed by atoms with van der Waals surface area (Å²) in [7, 11) is 0. The molecule has 1 unspecified atom stereocenters. The van der Waals surface area contributed by atoms with Crippen LogP contribution in [0.1, 0.15) is 68.2 Å². The van der Waals surface area contributed by atoms with Crippen LogP contribution in [0.4, 0.5) is 0 Å². The molecule has 39 heavy (non-hydrogen) atoms. The molecule has 0 bridgehead atoms. The molecule has 3 aromatic rings. The number of aromatic nitrogens is 2. The molecule has 3 heterocycles. The third-order valence-electron chi connectivity index (χ3n) is 6.99. The molecule has 10 heteroatoms. The summed E-state index contributed by atoms with van der Waals surface area (Å²) in [5.41, 5.74) is 4.75. The van der Waals surface area contributed by atoms with Crippen molar-refractivity contribution in [1.29, 1.82) is 0 Å². The Morgan fingerprint density at radius 2 is 1.82 bits per heavy atom. The maximum atomic E-state index is 13.8. The van der Waals surface area contributed by atoms with Gasteiger partial charge in [0.2, 0.25) is 11.8 Å². The Morgan fingerprint density at radius 1 is 1.10 bits per heavy atom. The number of hydrogen-bond acceptors (Lipinski definition) is 6. The number of nitrogens with one attached hydrogen (secondary N) is 2. The van der Waals surface area contributed by atoms with Crippen LogP contribution in [0.25, 0.3) is 10.4 Å². The Morgan fingerprint density at radius 3 is 2.44 bits per heavy atom. The molecular weight excluding hydrogens is 578 g/mol. The van der Waals surface area contributed by atoms with Crippen molar-refractivity contribution >= 4 is 45.0 Å². The van der Waals surface area contributed by atoms with Crippen LogP contribution in [0.15, 0.2) is 52.7 Å². The summed E-state index contributed by atoms with van der Waals surface area (Å²) in [4.78, 5) is 51.3. The number of rotatable bonds is 7. The molecular formula is C29H34BrN5O3S. The molecule has 2 N–H and O–H groups in total. The number of halogens is 1. The van der Waals surface area contributed by atoms with Crippen LogP contribution in [0, 0.1) is 12.3 Å². The fraction of sp³-hybridized carbons (Fsp3) is 0.414. The van der Waals surface area contributed by atoms with Gasteiger partial charge in [-0.2, -0.15) is 0 Å². The number of amides is 3. The van der Waals surface area contributed by atoms with Crippen LogP contribution >= 0.6 is 27.3 Å². The summed E-state index contributed by atoms with van der Waals surface area (Å²) in [5.74, 6) is -0.802. The monoisotopic (exact) mass is 611 g/mol. The summed E-state index contributed by atoms with van der Waals surface area (Å²) in [6.45, 7) is 10.1. The van der Waals surface area contributed by atoms with E-state index in [-0.39, 0.29) is 23.8 Å².